The summed E-state index contributed by atoms with van der Waals surface area (Å²) in [6, 6.07) is 0.148. The van der Waals surface area contributed by atoms with Gasteiger partial charge in [0.25, 0.3) is 5.91 Å². The summed E-state index contributed by atoms with van der Waals surface area (Å²) in [6.45, 7) is 8.56. The molecule has 2 saturated heterocycles. The largest absolute Gasteiger partial charge is 0.395 e. The van der Waals surface area contributed by atoms with Crippen molar-refractivity contribution in [3.63, 3.8) is 0 Å². The van der Waals surface area contributed by atoms with Gasteiger partial charge in [0.15, 0.2) is 0 Å². The first kappa shape index (κ1) is 19.6. The van der Waals surface area contributed by atoms with Gasteiger partial charge in [-0.05, 0) is 31.8 Å². The highest BCUT2D eigenvalue weighted by Gasteiger charge is 2.25. The first-order valence-electron chi connectivity index (χ1n) is 9.88. The molecule has 7 nitrogen and oxygen atoms in total. The Morgan fingerprint density at radius 3 is 2.67 bits per heavy atom. The Morgan fingerprint density at radius 1 is 1.33 bits per heavy atom. The highest BCUT2D eigenvalue weighted by molar-refractivity contribution is 5.99. The molecule has 3 heterocycles. The predicted molar refractivity (Wildman–Crippen MR) is 107 cm³/mol. The van der Waals surface area contributed by atoms with Crippen molar-refractivity contribution in [1.29, 1.82) is 0 Å². The molecule has 3 rings (SSSR count). The van der Waals surface area contributed by atoms with Gasteiger partial charge >= 0.3 is 0 Å². The third-order valence-electron chi connectivity index (χ3n) is 5.46. The van der Waals surface area contributed by atoms with E-state index in [1.807, 2.05) is 24.2 Å². The third kappa shape index (κ3) is 4.78. The van der Waals surface area contributed by atoms with Gasteiger partial charge in [-0.25, -0.2) is 4.99 Å². The Balaban J connectivity index is 1.69. The summed E-state index contributed by atoms with van der Waals surface area (Å²) in [6.07, 6.45) is 9.72. The van der Waals surface area contributed by atoms with E-state index in [-0.39, 0.29) is 18.6 Å². The number of carbonyl (C=O) groups is 1. The molecule has 0 aliphatic carbocycles. The molecule has 0 aromatic rings. The van der Waals surface area contributed by atoms with Crippen molar-refractivity contribution in [2.45, 2.75) is 31.7 Å². The lowest BCUT2D eigenvalue weighted by molar-refractivity contribution is -0.118. The number of likely N-dealkylation sites (tertiary alicyclic amines) is 2. The van der Waals surface area contributed by atoms with Crippen molar-refractivity contribution in [2.24, 2.45) is 4.99 Å². The first-order valence-corrected chi connectivity index (χ1v) is 9.88. The van der Waals surface area contributed by atoms with Gasteiger partial charge in [-0.15, -0.1) is 0 Å². The first-order chi connectivity index (χ1) is 13.1. The molecule has 2 fully saturated rings. The van der Waals surface area contributed by atoms with E-state index in [9.17, 15) is 4.79 Å². The molecule has 0 saturated carbocycles. The van der Waals surface area contributed by atoms with Gasteiger partial charge in [0.1, 0.15) is 11.7 Å². The summed E-state index contributed by atoms with van der Waals surface area (Å²) in [5, 5.41) is 12.2. The molecular weight excluding hydrogens is 342 g/mol. The predicted octanol–water partition coefficient (Wildman–Crippen LogP) is 0.910. The van der Waals surface area contributed by atoms with Crippen LogP contribution >= 0.6 is 0 Å². The van der Waals surface area contributed by atoms with E-state index in [0.29, 0.717) is 17.9 Å². The molecule has 1 amide bonds. The molecule has 0 unspecified atom stereocenters. The van der Waals surface area contributed by atoms with Crippen molar-refractivity contribution < 1.29 is 9.90 Å². The van der Waals surface area contributed by atoms with Crippen LogP contribution in [0.5, 0.6) is 0 Å². The van der Waals surface area contributed by atoms with Crippen molar-refractivity contribution in [3.05, 3.63) is 36.3 Å². The summed E-state index contributed by atoms with van der Waals surface area (Å²) < 4.78 is 0. The van der Waals surface area contributed by atoms with Gasteiger partial charge in [0.2, 0.25) is 0 Å². The number of nitrogens with zero attached hydrogens (tertiary/aromatic N) is 4. The number of rotatable bonds is 5. The highest BCUT2D eigenvalue weighted by Crippen LogP contribution is 2.21. The van der Waals surface area contributed by atoms with Crippen LogP contribution in [0.2, 0.25) is 0 Å². The zero-order valence-corrected chi connectivity index (χ0v) is 16.2. The molecule has 0 bridgehead atoms. The van der Waals surface area contributed by atoms with E-state index in [1.54, 1.807) is 6.08 Å². The molecule has 0 aromatic carbocycles. The maximum Gasteiger partial charge on any atom is 0.255 e. The van der Waals surface area contributed by atoms with Crippen LogP contribution in [0, 0.1) is 0 Å². The number of aliphatic imine (C=N–C) groups is 1. The monoisotopic (exact) mass is 373 g/mol. The minimum absolute atomic E-state index is 0.118. The topological polar surface area (TPSA) is 71.4 Å². The number of amidine groups is 1. The minimum atomic E-state index is -0.118. The Hall–Kier alpha value is -2.12. The molecule has 0 radical (unpaired) electrons. The molecule has 148 valence electrons. The normalized spacial score (nSPS) is 23.4. The lowest BCUT2D eigenvalue weighted by Crippen LogP contribution is -2.45. The van der Waals surface area contributed by atoms with E-state index >= 15 is 0 Å². The summed E-state index contributed by atoms with van der Waals surface area (Å²) >= 11 is 0. The van der Waals surface area contributed by atoms with Gasteiger partial charge in [-0.3, -0.25) is 4.79 Å². The third-order valence-corrected chi connectivity index (χ3v) is 5.46. The number of hydrogen-bond acceptors (Lipinski definition) is 6. The second-order valence-corrected chi connectivity index (χ2v) is 7.35. The summed E-state index contributed by atoms with van der Waals surface area (Å²) in [7, 11) is 1.90. The Kier molecular flexibility index (Phi) is 6.68. The van der Waals surface area contributed by atoms with E-state index < -0.39 is 0 Å². The van der Waals surface area contributed by atoms with Crippen molar-refractivity contribution in [1.82, 2.24) is 20.0 Å². The fraction of sp³-hybridized carbons (Fsp3) is 0.600. The van der Waals surface area contributed by atoms with Crippen LogP contribution in [-0.2, 0) is 4.79 Å². The second-order valence-electron chi connectivity index (χ2n) is 7.35. The van der Waals surface area contributed by atoms with E-state index in [2.05, 4.69) is 21.7 Å². The van der Waals surface area contributed by atoms with E-state index in [1.165, 1.54) is 12.8 Å². The van der Waals surface area contributed by atoms with Gasteiger partial charge in [-0.2, -0.15) is 0 Å². The van der Waals surface area contributed by atoms with Crippen molar-refractivity contribution in [2.75, 3.05) is 46.4 Å². The van der Waals surface area contributed by atoms with Crippen molar-refractivity contribution in [3.8, 4) is 0 Å². The zero-order valence-electron chi connectivity index (χ0n) is 16.2. The van der Waals surface area contributed by atoms with Gasteiger partial charge in [0.05, 0.1) is 12.2 Å². The Labute approximate surface area is 161 Å². The quantitative estimate of drug-likeness (QED) is 0.701. The van der Waals surface area contributed by atoms with Crippen LogP contribution in [0.4, 0.5) is 0 Å². The number of amides is 1. The maximum absolute atomic E-state index is 12.9. The number of β-amino-alcohol motifs (C(OH)–C–C–N with tert-alkyl or cyclic N) is 1. The van der Waals surface area contributed by atoms with Gasteiger partial charge in [-0.1, -0.05) is 12.7 Å². The van der Waals surface area contributed by atoms with E-state index in [0.717, 1.165) is 44.9 Å². The molecule has 0 aromatic heterocycles. The average molecular weight is 374 g/mol. The van der Waals surface area contributed by atoms with Crippen molar-refractivity contribution >= 4 is 11.7 Å². The molecule has 2 N–H and O–H groups in total. The average Bonchev–Trinajstić information content (AvgIpc) is 3.20. The SMILES string of the molecule is C=C/C(C(=O)NC1CCN(CCO)CC1)=C1/N=C(N2CCCC2)C=CN1C. The zero-order chi connectivity index (χ0) is 19.2. The number of piperidine rings is 1. The number of carbonyl (C=O) groups excluding carboxylic acids is 1. The van der Waals surface area contributed by atoms with Gasteiger partial charge in [0, 0.05) is 52.0 Å². The number of aliphatic hydroxyl groups is 1. The Morgan fingerprint density at radius 2 is 2.04 bits per heavy atom. The minimum Gasteiger partial charge on any atom is -0.395 e. The fourth-order valence-corrected chi connectivity index (χ4v) is 3.84. The van der Waals surface area contributed by atoms with Crippen LogP contribution in [0.25, 0.3) is 0 Å². The van der Waals surface area contributed by atoms with Crippen LogP contribution in [0.15, 0.2) is 41.3 Å². The fourth-order valence-electron chi connectivity index (χ4n) is 3.84. The summed E-state index contributed by atoms with van der Waals surface area (Å²) in [5.74, 6) is 1.45. The summed E-state index contributed by atoms with van der Waals surface area (Å²) in [4.78, 5) is 24.0. The smallest absolute Gasteiger partial charge is 0.255 e. The summed E-state index contributed by atoms with van der Waals surface area (Å²) in [5.41, 5.74) is 0.510. The molecule has 0 atom stereocenters. The lowest BCUT2D eigenvalue weighted by atomic mass is 10.0. The maximum atomic E-state index is 12.9. The van der Waals surface area contributed by atoms with Gasteiger partial charge < -0.3 is 25.1 Å². The molecule has 27 heavy (non-hydrogen) atoms. The van der Waals surface area contributed by atoms with Crippen LogP contribution in [0.3, 0.4) is 0 Å². The molecule has 0 spiro atoms. The molecule has 3 aliphatic rings. The Bertz CT molecular complexity index is 641. The van der Waals surface area contributed by atoms with Crippen LogP contribution < -0.4 is 5.32 Å². The number of hydrogen-bond donors (Lipinski definition) is 2. The standard InChI is InChI=1S/C20H31N5O2/c1-3-17(20(27)21-16-6-12-24(13-7-16)14-15-26)19-22-18(8-11-23(19)2)25-9-4-5-10-25/h3,8,11,16,26H,1,4-7,9-10,12-15H2,2H3,(H,21,27)/b19-17+. The van der Waals surface area contributed by atoms with Crippen LogP contribution in [0.1, 0.15) is 25.7 Å². The molecular formula is C20H31N5O2. The number of aliphatic hydroxyl groups excluding tert-OH is 1. The highest BCUT2D eigenvalue weighted by atomic mass is 16.3. The second kappa shape index (κ2) is 9.19. The number of nitrogens with one attached hydrogen (secondary N) is 1. The van der Waals surface area contributed by atoms with E-state index in [4.69, 9.17) is 10.1 Å². The molecule has 7 heteroatoms. The van der Waals surface area contributed by atoms with Crippen LogP contribution in [-0.4, -0.2) is 84.0 Å². The lowest BCUT2D eigenvalue weighted by Gasteiger charge is -2.32. The molecule has 3 aliphatic heterocycles.